The molecule has 0 N–H and O–H groups in total. The molecule has 178 valence electrons. The number of halogens is 1. The normalized spacial score (nSPS) is 17.3. The predicted octanol–water partition coefficient (Wildman–Crippen LogP) is 4.46. The summed E-state index contributed by atoms with van der Waals surface area (Å²) in [5.41, 5.74) is 1.95. The molecule has 2 amide bonds. The van der Waals surface area contributed by atoms with Crippen LogP contribution >= 0.6 is 0 Å². The van der Waals surface area contributed by atoms with Gasteiger partial charge in [-0.25, -0.2) is 9.18 Å². The van der Waals surface area contributed by atoms with Crippen molar-refractivity contribution in [2.24, 2.45) is 0 Å². The second-order valence-corrected chi connectivity index (χ2v) is 9.07. The molecule has 2 heterocycles. The number of amides is 2. The maximum Gasteiger partial charge on any atom is 0.324 e. The number of nitrogens with zero attached hydrogens (tertiary/aromatic N) is 4. The van der Waals surface area contributed by atoms with Crippen molar-refractivity contribution in [3.8, 4) is 5.75 Å². The number of carbonyl (C=O) groups is 1. The quantitative estimate of drug-likeness (QED) is 0.525. The molecule has 4 rings (SSSR count). The van der Waals surface area contributed by atoms with Gasteiger partial charge in [0.15, 0.2) is 0 Å². The number of ether oxygens (including phenoxy) is 1. The van der Waals surface area contributed by atoms with Crippen LogP contribution in [0.15, 0.2) is 48.5 Å². The number of carbonyl (C=O) groups excluding carboxylic acids is 1. The minimum atomic E-state index is -0.281. The van der Waals surface area contributed by atoms with Gasteiger partial charge in [-0.1, -0.05) is 12.1 Å². The lowest BCUT2D eigenvalue weighted by Gasteiger charge is -2.37. The van der Waals surface area contributed by atoms with Gasteiger partial charge in [0.1, 0.15) is 11.6 Å². The fourth-order valence-corrected chi connectivity index (χ4v) is 4.57. The molecule has 2 fully saturated rings. The number of hydrogen-bond acceptors (Lipinski definition) is 4. The highest BCUT2D eigenvalue weighted by Gasteiger charge is 2.29. The Morgan fingerprint density at radius 2 is 1.58 bits per heavy atom. The van der Waals surface area contributed by atoms with Crippen LogP contribution in [0.1, 0.15) is 26.7 Å². The molecule has 2 aromatic carbocycles. The SMILES string of the molecule is CC(C)Oc1ccccc1N1CCN(CCCCN2CCN(c3ccc(F)cc3)C2=O)CC1. The van der Waals surface area contributed by atoms with Crippen LogP contribution in [0.3, 0.4) is 0 Å². The first-order chi connectivity index (χ1) is 16.0. The Kier molecular flexibility index (Phi) is 7.70. The zero-order chi connectivity index (χ0) is 23.2. The van der Waals surface area contributed by atoms with Crippen molar-refractivity contribution >= 4 is 17.4 Å². The number of anilines is 2. The maximum atomic E-state index is 13.2. The molecule has 7 heteroatoms. The molecule has 2 aromatic rings. The number of piperazine rings is 1. The van der Waals surface area contributed by atoms with E-state index in [1.807, 2.05) is 11.0 Å². The molecular weight excluding hydrogens is 419 g/mol. The minimum absolute atomic E-state index is 0.0255. The number of hydrogen-bond donors (Lipinski definition) is 0. The smallest absolute Gasteiger partial charge is 0.324 e. The van der Waals surface area contributed by atoms with Crippen molar-refractivity contribution in [3.05, 3.63) is 54.3 Å². The van der Waals surface area contributed by atoms with Gasteiger partial charge >= 0.3 is 6.03 Å². The summed E-state index contributed by atoms with van der Waals surface area (Å²) in [4.78, 5) is 21.3. The number of unbranched alkanes of at least 4 members (excludes halogenated alkanes) is 1. The Labute approximate surface area is 196 Å². The van der Waals surface area contributed by atoms with Crippen molar-refractivity contribution < 1.29 is 13.9 Å². The van der Waals surface area contributed by atoms with E-state index < -0.39 is 0 Å². The lowest BCUT2D eigenvalue weighted by Crippen LogP contribution is -2.46. The summed E-state index contributed by atoms with van der Waals surface area (Å²) in [5, 5.41) is 0. The third kappa shape index (κ3) is 5.96. The van der Waals surface area contributed by atoms with Gasteiger partial charge in [-0.05, 0) is 69.6 Å². The van der Waals surface area contributed by atoms with Gasteiger partial charge in [0, 0.05) is 51.5 Å². The average molecular weight is 455 g/mol. The molecular formula is C26H35FN4O2. The fraction of sp³-hybridized carbons (Fsp3) is 0.500. The zero-order valence-corrected chi connectivity index (χ0v) is 19.8. The number of benzene rings is 2. The van der Waals surface area contributed by atoms with E-state index in [0.29, 0.717) is 6.54 Å². The van der Waals surface area contributed by atoms with E-state index in [-0.39, 0.29) is 18.0 Å². The summed E-state index contributed by atoms with van der Waals surface area (Å²) in [6.07, 6.45) is 2.24. The topological polar surface area (TPSA) is 39.3 Å². The summed E-state index contributed by atoms with van der Waals surface area (Å²) in [5.74, 6) is 0.682. The van der Waals surface area contributed by atoms with Crippen molar-refractivity contribution in [2.45, 2.75) is 32.8 Å². The van der Waals surface area contributed by atoms with E-state index in [4.69, 9.17) is 4.74 Å². The summed E-state index contributed by atoms with van der Waals surface area (Å²) < 4.78 is 19.1. The van der Waals surface area contributed by atoms with Crippen LogP contribution in [0.4, 0.5) is 20.6 Å². The Hall–Kier alpha value is -2.80. The highest BCUT2D eigenvalue weighted by molar-refractivity contribution is 5.94. The summed E-state index contributed by atoms with van der Waals surface area (Å²) >= 11 is 0. The molecule has 6 nitrogen and oxygen atoms in total. The first kappa shape index (κ1) is 23.4. The third-order valence-corrected chi connectivity index (χ3v) is 6.33. The lowest BCUT2D eigenvalue weighted by molar-refractivity contribution is 0.215. The van der Waals surface area contributed by atoms with Crippen molar-refractivity contribution in [2.75, 3.05) is 62.2 Å². The number of urea groups is 1. The molecule has 0 spiro atoms. The molecule has 2 saturated heterocycles. The van der Waals surface area contributed by atoms with Gasteiger partial charge in [-0.2, -0.15) is 0 Å². The molecule has 0 atom stereocenters. The van der Waals surface area contributed by atoms with Gasteiger partial charge < -0.3 is 14.5 Å². The van der Waals surface area contributed by atoms with Crippen LogP contribution in [0, 0.1) is 5.82 Å². The van der Waals surface area contributed by atoms with Gasteiger partial charge in [0.2, 0.25) is 0 Å². The first-order valence-corrected chi connectivity index (χ1v) is 12.1. The molecule has 2 aliphatic rings. The van der Waals surface area contributed by atoms with E-state index in [1.54, 1.807) is 17.0 Å². The van der Waals surface area contributed by atoms with E-state index in [2.05, 4.69) is 41.8 Å². The largest absolute Gasteiger partial charge is 0.489 e. The van der Waals surface area contributed by atoms with Gasteiger partial charge in [0.25, 0.3) is 0 Å². The summed E-state index contributed by atoms with van der Waals surface area (Å²) in [6.45, 7) is 11.4. The highest BCUT2D eigenvalue weighted by Crippen LogP contribution is 2.29. The Bertz CT molecular complexity index is 913. The van der Waals surface area contributed by atoms with Gasteiger partial charge in [-0.15, -0.1) is 0 Å². The van der Waals surface area contributed by atoms with Crippen LogP contribution in [0.25, 0.3) is 0 Å². The van der Waals surface area contributed by atoms with E-state index in [9.17, 15) is 9.18 Å². The fourth-order valence-electron chi connectivity index (χ4n) is 4.57. The molecule has 0 unspecified atom stereocenters. The Morgan fingerprint density at radius 1 is 0.879 bits per heavy atom. The molecule has 0 aromatic heterocycles. The Morgan fingerprint density at radius 3 is 2.30 bits per heavy atom. The molecule has 0 saturated carbocycles. The molecule has 0 aliphatic carbocycles. The second kappa shape index (κ2) is 10.9. The van der Waals surface area contributed by atoms with Crippen molar-refractivity contribution in [3.63, 3.8) is 0 Å². The predicted molar refractivity (Wildman–Crippen MR) is 131 cm³/mol. The average Bonchev–Trinajstić information content (AvgIpc) is 3.18. The number of rotatable bonds is 9. The second-order valence-electron chi connectivity index (χ2n) is 9.07. The first-order valence-electron chi connectivity index (χ1n) is 12.1. The Balaban J connectivity index is 1.17. The van der Waals surface area contributed by atoms with Crippen LogP contribution < -0.4 is 14.5 Å². The van der Waals surface area contributed by atoms with Crippen LogP contribution in [-0.4, -0.2) is 74.3 Å². The van der Waals surface area contributed by atoms with Crippen LogP contribution in [-0.2, 0) is 0 Å². The summed E-state index contributed by atoms with van der Waals surface area (Å²) in [6, 6.07) is 14.5. The zero-order valence-electron chi connectivity index (χ0n) is 19.8. The molecule has 2 aliphatic heterocycles. The van der Waals surface area contributed by atoms with Crippen molar-refractivity contribution in [1.29, 1.82) is 0 Å². The van der Waals surface area contributed by atoms with E-state index in [1.165, 1.54) is 17.8 Å². The monoisotopic (exact) mass is 454 g/mol. The summed E-state index contributed by atoms with van der Waals surface area (Å²) in [7, 11) is 0. The molecule has 33 heavy (non-hydrogen) atoms. The third-order valence-electron chi connectivity index (χ3n) is 6.33. The van der Waals surface area contributed by atoms with Crippen molar-refractivity contribution in [1.82, 2.24) is 9.80 Å². The standard InChI is InChI=1S/C26H35FN4O2/c1-21(2)33-25-8-4-3-7-24(25)29-17-15-28(16-18-29)13-5-6-14-30-19-20-31(26(30)32)23-11-9-22(27)10-12-23/h3-4,7-12,21H,5-6,13-20H2,1-2H3. The minimum Gasteiger partial charge on any atom is -0.489 e. The van der Waals surface area contributed by atoms with Crippen LogP contribution in [0.5, 0.6) is 5.75 Å². The lowest BCUT2D eigenvalue weighted by atomic mass is 10.2. The molecule has 0 radical (unpaired) electrons. The van der Waals surface area contributed by atoms with E-state index in [0.717, 1.165) is 70.1 Å². The maximum absolute atomic E-state index is 13.2. The van der Waals surface area contributed by atoms with Gasteiger partial charge in [-0.3, -0.25) is 9.80 Å². The van der Waals surface area contributed by atoms with Gasteiger partial charge in [0.05, 0.1) is 11.8 Å². The van der Waals surface area contributed by atoms with Crippen LogP contribution in [0.2, 0.25) is 0 Å². The highest BCUT2D eigenvalue weighted by atomic mass is 19.1. The molecule has 0 bridgehead atoms. The van der Waals surface area contributed by atoms with E-state index >= 15 is 0 Å². The number of para-hydroxylation sites is 2.